The molecule has 0 aliphatic carbocycles. The molecule has 0 N–H and O–H groups in total. The highest BCUT2D eigenvalue weighted by Crippen LogP contribution is 2.27. The van der Waals surface area contributed by atoms with E-state index in [-0.39, 0.29) is 11.9 Å². The molecule has 1 fully saturated rings. The van der Waals surface area contributed by atoms with Gasteiger partial charge in [-0.15, -0.1) is 5.10 Å². The summed E-state index contributed by atoms with van der Waals surface area (Å²) in [6.45, 7) is 4.43. The Balaban J connectivity index is 1.08. The van der Waals surface area contributed by atoms with E-state index in [2.05, 4.69) is 38.6 Å². The first kappa shape index (κ1) is 24.0. The number of amides is 1. The zero-order chi connectivity index (χ0) is 25.9. The number of carbonyl (C=O) groups is 2. The van der Waals surface area contributed by atoms with Crippen LogP contribution in [0.5, 0.6) is 0 Å². The quantitative estimate of drug-likeness (QED) is 0.355. The van der Waals surface area contributed by atoms with E-state index in [0.717, 1.165) is 67.1 Å². The molecule has 3 heterocycles. The third kappa shape index (κ3) is 5.05. The monoisotopic (exact) mass is 508 g/mol. The first-order valence-corrected chi connectivity index (χ1v) is 12.8. The zero-order valence-electron chi connectivity index (χ0n) is 21.0. The summed E-state index contributed by atoms with van der Waals surface area (Å²) in [5.41, 5.74) is 6.76. The molecule has 3 aromatic carbocycles. The van der Waals surface area contributed by atoms with Gasteiger partial charge in [0.1, 0.15) is 12.9 Å². The third-order valence-electron chi connectivity index (χ3n) is 7.32. The Labute approximate surface area is 220 Å². The number of esters is 1. The minimum absolute atomic E-state index is 0.139. The number of hydrogen-bond acceptors (Lipinski definition) is 7. The van der Waals surface area contributed by atoms with Crippen molar-refractivity contribution in [3.63, 3.8) is 0 Å². The van der Waals surface area contributed by atoms with Crippen molar-refractivity contribution in [1.29, 1.82) is 0 Å². The summed E-state index contributed by atoms with van der Waals surface area (Å²) in [6, 6.07) is 22.0. The average Bonchev–Trinajstić information content (AvgIpc) is 3.63. The van der Waals surface area contributed by atoms with Gasteiger partial charge >= 0.3 is 5.97 Å². The number of carbonyl (C=O) groups excluding carboxylic acids is 2. The first-order valence-electron chi connectivity index (χ1n) is 12.8. The summed E-state index contributed by atoms with van der Waals surface area (Å²) in [7, 11) is 0. The van der Waals surface area contributed by atoms with Crippen LogP contribution in [0.25, 0.3) is 16.8 Å². The van der Waals surface area contributed by atoms with Crippen LogP contribution in [0.15, 0.2) is 73.1 Å². The van der Waals surface area contributed by atoms with Crippen LogP contribution in [0.2, 0.25) is 0 Å². The van der Waals surface area contributed by atoms with Gasteiger partial charge in [0.2, 0.25) is 5.91 Å². The molecule has 38 heavy (non-hydrogen) atoms. The van der Waals surface area contributed by atoms with Crippen LogP contribution in [0.3, 0.4) is 0 Å². The molecule has 0 unspecified atom stereocenters. The molecule has 9 nitrogen and oxygen atoms in total. The second-order valence-electron chi connectivity index (χ2n) is 9.68. The summed E-state index contributed by atoms with van der Waals surface area (Å²) >= 11 is 0. The molecule has 1 amide bonds. The van der Waals surface area contributed by atoms with Gasteiger partial charge < -0.3 is 9.64 Å². The van der Waals surface area contributed by atoms with Crippen molar-refractivity contribution in [2.45, 2.75) is 19.4 Å². The predicted molar refractivity (Wildman–Crippen MR) is 141 cm³/mol. The molecular formula is C29H28N6O3. The molecule has 9 heteroatoms. The van der Waals surface area contributed by atoms with E-state index in [4.69, 9.17) is 4.74 Å². The molecule has 2 aliphatic rings. The van der Waals surface area contributed by atoms with E-state index in [0.29, 0.717) is 18.6 Å². The van der Waals surface area contributed by atoms with Crippen molar-refractivity contribution in [3.05, 3.63) is 95.3 Å². The molecule has 2 aliphatic heterocycles. The second-order valence-corrected chi connectivity index (χ2v) is 9.68. The van der Waals surface area contributed by atoms with Crippen molar-refractivity contribution in [2.75, 3.05) is 32.7 Å². The van der Waals surface area contributed by atoms with E-state index in [1.165, 1.54) is 5.56 Å². The summed E-state index contributed by atoms with van der Waals surface area (Å²) in [5.74, 6) is -0.0908. The molecule has 0 bridgehead atoms. The van der Waals surface area contributed by atoms with E-state index in [1.807, 2.05) is 53.4 Å². The Kier molecular flexibility index (Phi) is 6.66. The fraction of sp³-hybridized carbons (Fsp3) is 0.276. The lowest BCUT2D eigenvalue weighted by atomic mass is 9.96. The molecular weight excluding hydrogens is 480 g/mol. The average molecular weight is 509 g/mol. The third-order valence-corrected chi connectivity index (χ3v) is 7.32. The van der Waals surface area contributed by atoms with Crippen molar-refractivity contribution in [3.8, 4) is 16.8 Å². The van der Waals surface area contributed by atoms with Crippen LogP contribution in [0, 0.1) is 0 Å². The predicted octanol–water partition coefficient (Wildman–Crippen LogP) is 2.93. The van der Waals surface area contributed by atoms with E-state index < -0.39 is 0 Å². The summed E-state index contributed by atoms with van der Waals surface area (Å²) in [5, 5.41) is 11.5. The molecule has 1 aromatic heterocycles. The fourth-order valence-electron chi connectivity index (χ4n) is 5.15. The Hall–Kier alpha value is -4.37. The van der Waals surface area contributed by atoms with Gasteiger partial charge in [0.25, 0.3) is 0 Å². The van der Waals surface area contributed by atoms with Crippen molar-refractivity contribution >= 4 is 11.9 Å². The van der Waals surface area contributed by atoms with Crippen LogP contribution in [0.4, 0.5) is 0 Å². The fourth-order valence-corrected chi connectivity index (χ4v) is 5.15. The van der Waals surface area contributed by atoms with Crippen molar-refractivity contribution < 1.29 is 14.3 Å². The largest absolute Gasteiger partial charge is 0.457 e. The summed E-state index contributed by atoms with van der Waals surface area (Å²) < 4.78 is 6.73. The highest BCUT2D eigenvalue weighted by atomic mass is 16.5. The van der Waals surface area contributed by atoms with Crippen LogP contribution in [-0.4, -0.2) is 74.6 Å². The lowest BCUT2D eigenvalue weighted by Gasteiger charge is -2.35. The standard InChI is InChI=1S/C29H28N6O3/c36-28(17-23-7-8-25(35-20-30-31-32-35)18-27(23)22-4-2-1-3-5-22)34-14-12-33(13-15-34)11-10-21-6-9-26-24(16-21)19-38-29(26)37/h1-9,16,18,20H,10-15,17,19H2. The van der Waals surface area contributed by atoms with Crippen LogP contribution < -0.4 is 0 Å². The van der Waals surface area contributed by atoms with Crippen molar-refractivity contribution in [1.82, 2.24) is 30.0 Å². The van der Waals surface area contributed by atoms with E-state index in [1.54, 1.807) is 11.0 Å². The van der Waals surface area contributed by atoms with Crippen molar-refractivity contribution in [2.24, 2.45) is 0 Å². The van der Waals surface area contributed by atoms with Crippen LogP contribution in [-0.2, 0) is 29.0 Å². The molecule has 4 aromatic rings. The van der Waals surface area contributed by atoms with Gasteiger partial charge in [-0.2, -0.15) is 0 Å². The maximum absolute atomic E-state index is 13.3. The molecule has 1 saturated heterocycles. The normalized spacial score (nSPS) is 15.4. The number of hydrogen-bond donors (Lipinski definition) is 0. The van der Waals surface area contributed by atoms with Gasteiger partial charge in [-0.25, -0.2) is 9.48 Å². The summed E-state index contributed by atoms with van der Waals surface area (Å²) in [6.07, 6.45) is 2.81. The van der Waals surface area contributed by atoms with E-state index >= 15 is 0 Å². The smallest absolute Gasteiger partial charge is 0.338 e. The Morgan fingerprint density at radius 1 is 0.921 bits per heavy atom. The molecule has 192 valence electrons. The lowest BCUT2D eigenvalue weighted by molar-refractivity contribution is -0.132. The van der Waals surface area contributed by atoms with Gasteiger partial charge in [-0.1, -0.05) is 48.5 Å². The van der Waals surface area contributed by atoms with Gasteiger partial charge in [-0.3, -0.25) is 9.69 Å². The van der Waals surface area contributed by atoms with Crippen LogP contribution >= 0.6 is 0 Å². The number of rotatable bonds is 7. The maximum Gasteiger partial charge on any atom is 0.338 e. The minimum atomic E-state index is -0.230. The SMILES string of the molecule is O=C1OCc2cc(CCN3CCN(C(=O)Cc4ccc(-n5cnnn5)cc4-c4ccccc4)CC3)ccc21. The molecule has 0 radical (unpaired) electrons. The number of aromatic nitrogens is 4. The number of fused-ring (bicyclic) bond motifs is 1. The zero-order valence-corrected chi connectivity index (χ0v) is 21.0. The Morgan fingerprint density at radius 2 is 1.76 bits per heavy atom. The number of nitrogens with zero attached hydrogens (tertiary/aromatic N) is 6. The summed E-state index contributed by atoms with van der Waals surface area (Å²) in [4.78, 5) is 29.4. The maximum atomic E-state index is 13.3. The Bertz CT molecular complexity index is 1450. The molecule has 6 rings (SSSR count). The molecule has 0 spiro atoms. The van der Waals surface area contributed by atoms with Crippen LogP contribution in [0.1, 0.15) is 27.0 Å². The number of piperazine rings is 1. The number of benzene rings is 3. The van der Waals surface area contributed by atoms with Gasteiger partial charge in [0, 0.05) is 38.3 Å². The molecule has 0 saturated carbocycles. The minimum Gasteiger partial charge on any atom is -0.457 e. The Morgan fingerprint density at radius 3 is 2.55 bits per heavy atom. The topological polar surface area (TPSA) is 93.5 Å². The highest BCUT2D eigenvalue weighted by molar-refractivity contribution is 5.93. The molecule has 0 atom stereocenters. The van der Waals surface area contributed by atoms with Gasteiger partial charge in [0.05, 0.1) is 17.7 Å². The van der Waals surface area contributed by atoms with Gasteiger partial charge in [0.15, 0.2) is 0 Å². The lowest BCUT2D eigenvalue weighted by Crippen LogP contribution is -2.49. The number of tetrazole rings is 1. The van der Waals surface area contributed by atoms with E-state index in [9.17, 15) is 9.59 Å². The second kappa shape index (κ2) is 10.5. The number of ether oxygens (including phenoxy) is 1. The highest BCUT2D eigenvalue weighted by Gasteiger charge is 2.23. The number of cyclic esters (lactones) is 1. The van der Waals surface area contributed by atoms with Gasteiger partial charge in [-0.05, 0) is 57.3 Å². The first-order chi connectivity index (χ1) is 18.6.